The molecule has 1 saturated heterocycles. The van der Waals surface area contributed by atoms with Crippen molar-refractivity contribution in [2.45, 2.75) is 45.7 Å². The van der Waals surface area contributed by atoms with E-state index in [4.69, 9.17) is 4.74 Å². The smallest absolute Gasteiger partial charge is 0.232 e. The molecule has 2 aromatic carbocycles. The van der Waals surface area contributed by atoms with Crippen LogP contribution < -0.4 is 4.74 Å². The van der Waals surface area contributed by atoms with Gasteiger partial charge in [-0.15, -0.1) is 0 Å². The molecule has 4 rings (SSSR count). The fraction of sp³-hybridized carbons (Fsp3) is 0.348. The van der Waals surface area contributed by atoms with Crippen LogP contribution in [-0.2, 0) is 6.54 Å². The number of halogens is 1. The minimum Gasteiger partial charge on any atom is -0.507 e. The van der Waals surface area contributed by atoms with Gasteiger partial charge in [-0.25, -0.2) is 0 Å². The summed E-state index contributed by atoms with van der Waals surface area (Å²) in [5.74, 6) is 0.901. The Balaban J connectivity index is 1.70. The highest BCUT2D eigenvalue weighted by Gasteiger charge is 2.34. The van der Waals surface area contributed by atoms with E-state index in [-0.39, 0.29) is 11.5 Å². The molecule has 0 radical (unpaired) electrons. The number of fused-ring (bicyclic) bond motifs is 1. The van der Waals surface area contributed by atoms with Crippen molar-refractivity contribution in [3.63, 3.8) is 0 Å². The molecule has 1 N–H and O–H groups in total. The first-order valence-electron chi connectivity index (χ1n) is 9.73. The number of carbonyl (C=O) groups is 1. The summed E-state index contributed by atoms with van der Waals surface area (Å²) in [7, 11) is 0. The zero-order valence-electron chi connectivity index (χ0n) is 16.2. The third-order valence-electron chi connectivity index (χ3n) is 5.69. The van der Waals surface area contributed by atoms with Crippen molar-refractivity contribution in [3.05, 3.63) is 62.8 Å². The van der Waals surface area contributed by atoms with Crippen molar-refractivity contribution >= 4 is 27.8 Å². The number of ketones is 1. The van der Waals surface area contributed by atoms with E-state index in [0.717, 1.165) is 35.0 Å². The molecule has 2 heterocycles. The lowest BCUT2D eigenvalue weighted by Crippen LogP contribution is -2.36. The van der Waals surface area contributed by atoms with Crippen molar-refractivity contribution in [1.82, 2.24) is 4.90 Å². The van der Waals surface area contributed by atoms with Crippen LogP contribution in [0.25, 0.3) is 6.08 Å². The maximum Gasteiger partial charge on any atom is 0.232 e. The molecule has 5 heteroatoms. The quantitative estimate of drug-likeness (QED) is 0.642. The number of phenolic OH excluding ortho intramolecular Hbond substituents is 1. The van der Waals surface area contributed by atoms with Crippen molar-refractivity contribution in [1.29, 1.82) is 0 Å². The number of ether oxygens (including phenoxy) is 1. The van der Waals surface area contributed by atoms with Crippen LogP contribution in [0, 0.1) is 6.92 Å². The summed E-state index contributed by atoms with van der Waals surface area (Å²) < 4.78 is 7.02. The SMILES string of the molecule is Cc1cc(O)c(CN2CCCCC2C)c2c1C(=O)/C(=C/c1ccc(Br)cc1)O2. The summed E-state index contributed by atoms with van der Waals surface area (Å²) in [5, 5.41) is 10.6. The molecule has 1 atom stereocenters. The third-order valence-corrected chi connectivity index (χ3v) is 6.22. The lowest BCUT2D eigenvalue weighted by atomic mass is 9.97. The van der Waals surface area contributed by atoms with E-state index in [9.17, 15) is 9.90 Å². The van der Waals surface area contributed by atoms with Gasteiger partial charge in [0.15, 0.2) is 5.76 Å². The van der Waals surface area contributed by atoms with Gasteiger partial charge in [0.25, 0.3) is 0 Å². The van der Waals surface area contributed by atoms with Gasteiger partial charge >= 0.3 is 0 Å². The van der Waals surface area contributed by atoms with Crippen LogP contribution in [0.4, 0.5) is 0 Å². The van der Waals surface area contributed by atoms with E-state index in [2.05, 4.69) is 27.8 Å². The highest BCUT2D eigenvalue weighted by molar-refractivity contribution is 9.10. The van der Waals surface area contributed by atoms with Gasteiger partial charge in [0.2, 0.25) is 5.78 Å². The summed E-state index contributed by atoms with van der Waals surface area (Å²) in [6.07, 6.45) is 5.32. The minimum absolute atomic E-state index is 0.122. The predicted molar refractivity (Wildman–Crippen MR) is 114 cm³/mol. The van der Waals surface area contributed by atoms with Crippen molar-refractivity contribution in [2.75, 3.05) is 6.54 Å². The number of hydrogen-bond donors (Lipinski definition) is 1. The Morgan fingerprint density at radius 1 is 1.29 bits per heavy atom. The minimum atomic E-state index is -0.122. The second-order valence-corrected chi connectivity index (χ2v) is 8.62. The number of aromatic hydroxyl groups is 1. The first kappa shape index (κ1) is 19.2. The van der Waals surface area contributed by atoms with E-state index in [0.29, 0.717) is 35.2 Å². The topological polar surface area (TPSA) is 49.8 Å². The lowest BCUT2D eigenvalue weighted by molar-refractivity contribution is 0.101. The monoisotopic (exact) mass is 441 g/mol. The summed E-state index contributed by atoms with van der Waals surface area (Å²) in [6, 6.07) is 9.86. The van der Waals surface area contributed by atoms with Gasteiger partial charge in [-0.3, -0.25) is 9.69 Å². The second kappa shape index (κ2) is 7.72. The zero-order chi connectivity index (χ0) is 19.8. The number of benzene rings is 2. The van der Waals surface area contributed by atoms with Crippen molar-refractivity contribution in [2.24, 2.45) is 0 Å². The number of phenols is 1. The van der Waals surface area contributed by atoms with Gasteiger partial charge in [0.05, 0.1) is 11.1 Å². The molecule has 0 spiro atoms. The molecule has 1 fully saturated rings. The van der Waals surface area contributed by atoms with Gasteiger partial charge in [-0.1, -0.05) is 34.5 Å². The summed E-state index contributed by atoms with van der Waals surface area (Å²) in [5.41, 5.74) is 2.92. The van der Waals surface area contributed by atoms with Crippen LogP contribution in [0.1, 0.15) is 53.2 Å². The molecule has 2 aliphatic heterocycles. The summed E-state index contributed by atoms with van der Waals surface area (Å²) in [6.45, 7) is 5.65. The molecule has 1 unspecified atom stereocenters. The highest BCUT2D eigenvalue weighted by Crippen LogP contribution is 2.42. The van der Waals surface area contributed by atoms with Gasteiger partial charge in [-0.2, -0.15) is 0 Å². The fourth-order valence-electron chi connectivity index (χ4n) is 4.04. The van der Waals surface area contributed by atoms with Crippen LogP contribution in [0.5, 0.6) is 11.5 Å². The van der Waals surface area contributed by atoms with Gasteiger partial charge < -0.3 is 9.84 Å². The number of aryl methyl sites for hydroxylation is 1. The molecular formula is C23H24BrNO3. The number of piperidine rings is 1. The average Bonchev–Trinajstić information content (AvgIpc) is 2.98. The van der Waals surface area contributed by atoms with Crippen molar-refractivity contribution < 1.29 is 14.6 Å². The van der Waals surface area contributed by atoms with E-state index < -0.39 is 0 Å². The molecule has 4 nitrogen and oxygen atoms in total. The average molecular weight is 442 g/mol. The number of Topliss-reactive ketones (excluding diaryl/α,β-unsaturated/α-hetero) is 1. The Hall–Kier alpha value is -2.11. The normalized spacial score (nSPS) is 21.0. The number of allylic oxidation sites excluding steroid dienone is 1. The molecule has 2 aromatic rings. The highest BCUT2D eigenvalue weighted by atomic mass is 79.9. The number of hydrogen-bond acceptors (Lipinski definition) is 4. The molecule has 0 bridgehead atoms. The first-order valence-corrected chi connectivity index (χ1v) is 10.5. The lowest BCUT2D eigenvalue weighted by Gasteiger charge is -2.33. The number of carbonyl (C=O) groups excluding carboxylic acids is 1. The molecule has 28 heavy (non-hydrogen) atoms. The van der Waals surface area contributed by atoms with Crippen LogP contribution >= 0.6 is 15.9 Å². The number of rotatable bonds is 3. The van der Waals surface area contributed by atoms with E-state index in [1.807, 2.05) is 31.2 Å². The molecule has 0 aliphatic carbocycles. The Bertz CT molecular complexity index is 949. The van der Waals surface area contributed by atoms with Gasteiger partial charge in [0.1, 0.15) is 11.5 Å². The Morgan fingerprint density at radius 3 is 2.75 bits per heavy atom. The second-order valence-electron chi connectivity index (χ2n) is 7.70. The molecule has 0 amide bonds. The van der Waals surface area contributed by atoms with Crippen LogP contribution in [0.3, 0.4) is 0 Å². The van der Waals surface area contributed by atoms with E-state index in [1.54, 1.807) is 12.1 Å². The van der Waals surface area contributed by atoms with E-state index >= 15 is 0 Å². The summed E-state index contributed by atoms with van der Waals surface area (Å²) >= 11 is 3.42. The molecule has 2 aliphatic rings. The summed E-state index contributed by atoms with van der Waals surface area (Å²) in [4.78, 5) is 15.4. The first-order chi connectivity index (χ1) is 13.4. The number of likely N-dealkylation sites (tertiary alicyclic amines) is 1. The molecule has 0 saturated carbocycles. The maximum absolute atomic E-state index is 13.0. The van der Waals surface area contributed by atoms with E-state index in [1.165, 1.54) is 6.42 Å². The third kappa shape index (κ3) is 3.61. The standard InChI is InChI=1S/C23H24BrNO3/c1-14-11-19(26)18(13-25-10-4-3-5-15(25)2)23-21(14)22(27)20(28-23)12-16-6-8-17(24)9-7-16/h6-9,11-12,15,26H,3-5,10,13H2,1-2H3/b20-12-. The van der Waals surface area contributed by atoms with Crippen LogP contribution in [-0.4, -0.2) is 28.4 Å². The predicted octanol–water partition coefficient (Wildman–Crippen LogP) is 5.45. The number of nitrogens with zero attached hydrogens (tertiary/aromatic N) is 1. The Labute approximate surface area is 173 Å². The maximum atomic E-state index is 13.0. The van der Waals surface area contributed by atoms with Gasteiger partial charge in [-0.05, 0) is 68.6 Å². The molecular weight excluding hydrogens is 418 g/mol. The van der Waals surface area contributed by atoms with Crippen molar-refractivity contribution in [3.8, 4) is 11.5 Å². The Kier molecular flexibility index (Phi) is 5.30. The zero-order valence-corrected chi connectivity index (χ0v) is 17.8. The molecule has 0 aromatic heterocycles. The molecule has 146 valence electrons. The van der Waals surface area contributed by atoms with Gasteiger partial charge in [0, 0.05) is 17.1 Å². The fourth-order valence-corrected chi connectivity index (χ4v) is 4.30. The van der Waals surface area contributed by atoms with Crippen LogP contribution in [0.2, 0.25) is 0 Å². The van der Waals surface area contributed by atoms with Crippen LogP contribution in [0.15, 0.2) is 40.6 Å². The largest absolute Gasteiger partial charge is 0.507 e. The Morgan fingerprint density at radius 2 is 2.04 bits per heavy atom.